The van der Waals surface area contributed by atoms with Crippen molar-refractivity contribution in [1.82, 2.24) is 10.8 Å². The van der Waals surface area contributed by atoms with Gasteiger partial charge in [0.25, 0.3) is 5.91 Å². The predicted molar refractivity (Wildman–Crippen MR) is 97.4 cm³/mol. The van der Waals surface area contributed by atoms with Crippen LogP contribution in [0.5, 0.6) is 0 Å². The van der Waals surface area contributed by atoms with Gasteiger partial charge < -0.3 is 10.1 Å². The minimum absolute atomic E-state index is 0.186. The molecule has 1 saturated heterocycles. The summed E-state index contributed by atoms with van der Waals surface area (Å²) in [5.74, 6) is -1.44. The van der Waals surface area contributed by atoms with Crippen LogP contribution in [-0.4, -0.2) is 42.3 Å². The zero-order valence-electron chi connectivity index (χ0n) is 14.9. The van der Waals surface area contributed by atoms with E-state index in [0.29, 0.717) is 16.8 Å². The van der Waals surface area contributed by atoms with E-state index in [9.17, 15) is 18.8 Å². The topological polar surface area (TPSA) is 108 Å². The van der Waals surface area contributed by atoms with Crippen LogP contribution in [0, 0.1) is 5.82 Å². The van der Waals surface area contributed by atoms with E-state index < -0.39 is 23.9 Å². The average molecular weight is 387 g/mol. The molecule has 3 N–H and O–H groups in total. The third-order valence-corrected chi connectivity index (χ3v) is 4.28. The van der Waals surface area contributed by atoms with Gasteiger partial charge in [-0.1, -0.05) is 12.1 Å². The number of nitrogens with zero attached hydrogens (tertiary/aromatic N) is 1. The van der Waals surface area contributed by atoms with Crippen LogP contribution in [0.2, 0.25) is 0 Å². The molecule has 0 aliphatic carbocycles. The van der Waals surface area contributed by atoms with Crippen molar-refractivity contribution in [3.05, 3.63) is 53.8 Å². The number of halogens is 1. The van der Waals surface area contributed by atoms with Gasteiger partial charge in [-0.15, -0.1) is 0 Å². The van der Waals surface area contributed by atoms with E-state index in [1.165, 1.54) is 41.6 Å². The van der Waals surface area contributed by atoms with E-state index in [4.69, 9.17) is 9.94 Å². The molecule has 2 aromatic rings. The summed E-state index contributed by atoms with van der Waals surface area (Å²) < 4.78 is 19.8. The van der Waals surface area contributed by atoms with Gasteiger partial charge in [0.15, 0.2) is 0 Å². The predicted octanol–water partition coefficient (Wildman–Crippen LogP) is 2.07. The molecule has 8 nitrogen and oxygen atoms in total. The monoisotopic (exact) mass is 387 g/mol. The van der Waals surface area contributed by atoms with Crippen molar-refractivity contribution >= 4 is 23.6 Å². The smallest absolute Gasteiger partial charge is 0.414 e. The molecule has 1 unspecified atom stereocenters. The van der Waals surface area contributed by atoms with E-state index in [-0.39, 0.29) is 24.6 Å². The molecular weight excluding hydrogens is 369 g/mol. The molecule has 0 spiro atoms. The molecule has 1 atom stereocenters. The highest BCUT2D eigenvalue weighted by molar-refractivity contribution is 5.94. The fourth-order valence-electron chi connectivity index (χ4n) is 2.87. The van der Waals surface area contributed by atoms with E-state index in [0.717, 1.165) is 0 Å². The quantitative estimate of drug-likeness (QED) is 0.538. The number of carbonyl (C=O) groups is 3. The molecule has 3 rings (SSSR count). The first-order chi connectivity index (χ1) is 13.4. The maximum absolute atomic E-state index is 14.6. The molecule has 2 aromatic carbocycles. The second-order valence-electron chi connectivity index (χ2n) is 6.24. The van der Waals surface area contributed by atoms with Gasteiger partial charge in [-0.3, -0.25) is 19.7 Å². The Morgan fingerprint density at radius 1 is 1.25 bits per heavy atom. The lowest BCUT2D eigenvalue weighted by molar-refractivity contribution is -0.119. The summed E-state index contributed by atoms with van der Waals surface area (Å²) in [6.45, 7) is 1.75. The van der Waals surface area contributed by atoms with Crippen LogP contribution >= 0.6 is 0 Å². The lowest BCUT2D eigenvalue weighted by Gasteiger charge is -2.14. The van der Waals surface area contributed by atoms with E-state index in [1.54, 1.807) is 18.2 Å². The molecule has 1 aliphatic rings. The third-order valence-electron chi connectivity index (χ3n) is 4.28. The first-order valence-electron chi connectivity index (χ1n) is 8.46. The van der Waals surface area contributed by atoms with E-state index in [2.05, 4.69) is 5.32 Å². The lowest BCUT2D eigenvalue weighted by Crippen LogP contribution is -2.33. The Labute approximate surface area is 159 Å². The molecule has 146 valence electrons. The Bertz CT molecular complexity index is 916. The summed E-state index contributed by atoms with van der Waals surface area (Å²) in [6, 6.07) is 10.4. The van der Waals surface area contributed by atoms with Gasteiger partial charge in [-0.05, 0) is 35.9 Å². The first-order valence-corrected chi connectivity index (χ1v) is 8.46. The standard InChI is InChI=1S/C19H18FN3O5/c1-11(24)21-9-15-10-23(19(26)28-15)14-6-7-16(17(20)8-14)12-2-4-13(5-3-12)18(25)22-27/h2-8,15,27H,9-10H2,1H3,(H,21,24)(H,22,25). The lowest BCUT2D eigenvalue weighted by atomic mass is 10.0. The highest BCUT2D eigenvalue weighted by atomic mass is 19.1. The second kappa shape index (κ2) is 8.05. The fraction of sp³-hybridized carbons (Fsp3) is 0.211. The molecule has 9 heteroatoms. The number of rotatable bonds is 5. The second-order valence-corrected chi connectivity index (χ2v) is 6.24. The molecule has 28 heavy (non-hydrogen) atoms. The number of ether oxygens (including phenoxy) is 1. The van der Waals surface area contributed by atoms with E-state index in [1.807, 2.05) is 0 Å². The number of cyclic esters (lactones) is 1. The summed E-state index contributed by atoms with van der Waals surface area (Å²) in [6.07, 6.45) is -1.12. The summed E-state index contributed by atoms with van der Waals surface area (Å²) in [7, 11) is 0. The Morgan fingerprint density at radius 2 is 1.96 bits per heavy atom. The summed E-state index contributed by atoms with van der Waals surface area (Å²) in [4.78, 5) is 35.7. The summed E-state index contributed by atoms with van der Waals surface area (Å²) in [5.41, 5.74) is 2.93. The zero-order chi connectivity index (χ0) is 20.3. The molecular formula is C19H18FN3O5. The number of hydrogen-bond donors (Lipinski definition) is 3. The van der Waals surface area contributed by atoms with Crippen LogP contribution in [0.3, 0.4) is 0 Å². The largest absolute Gasteiger partial charge is 0.442 e. The summed E-state index contributed by atoms with van der Waals surface area (Å²) >= 11 is 0. The van der Waals surface area contributed by atoms with Crippen LogP contribution in [0.1, 0.15) is 17.3 Å². The van der Waals surface area contributed by atoms with Gasteiger partial charge in [-0.2, -0.15) is 0 Å². The molecule has 0 radical (unpaired) electrons. The van der Waals surface area contributed by atoms with Crippen LogP contribution in [-0.2, 0) is 9.53 Å². The molecule has 0 aromatic heterocycles. The van der Waals surface area contributed by atoms with Gasteiger partial charge in [0.2, 0.25) is 5.91 Å². The average Bonchev–Trinajstić information content (AvgIpc) is 3.06. The van der Waals surface area contributed by atoms with Crippen molar-refractivity contribution < 1.29 is 28.7 Å². The minimum atomic E-state index is -0.663. The maximum atomic E-state index is 14.6. The minimum Gasteiger partial charge on any atom is -0.442 e. The SMILES string of the molecule is CC(=O)NCC1CN(c2ccc(-c3ccc(C(=O)NO)cc3)c(F)c2)C(=O)O1. The van der Waals surface area contributed by atoms with Gasteiger partial charge in [0.05, 0.1) is 18.8 Å². The molecule has 1 fully saturated rings. The van der Waals surface area contributed by atoms with Gasteiger partial charge in [0.1, 0.15) is 11.9 Å². The first kappa shape index (κ1) is 19.3. The zero-order valence-corrected chi connectivity index (χ0v) is 14.9. The number of hydroxylamine groups is 1. The van der Waals surface area contributed by atoms with Crippen LogP contribution in [0.4, 0.5) is 14.9 Å². The van der Waals surface area contributed by atoms with Gasteiger partial charge in [0, 0.05) is 18.1 Å². The van der Waals surface area contributed by atoms with Gasteiger partial charge >= 0.3 is 6.09 Å². The van der Waals surface area contributed by atoms with Gasteiger partial charge in [-0.25, -0.2) is 14.7 Å². The van der Waals surface area contributed by atoms with Crippen LogP contribution in [0.15, 0.2) is 42.5 Å². The number of amides is 3. The number of benzene rings is 2. The number of nitrogens with one attached hydrogen (secondary N) is 2. The maximum Gasteiger partial charge on any atom is 0.414 e. The van der Waals surface area contributed by atoms with Crippen molar-refractivity contribution in [2.45, 2.75) is 13.0 Å². The van der Waals surface area contributed by atoms with Crippen LogP contribution in [0.25, 0.3) is 11.1 Å². The normalized spacial score (nSPS) is 15.9. The van der Waals surface area contributed by atoms with E-state index >= 15 is 0 Å². The van der Waals surface area contributed by atoms with Crippen LogP contribution < -0.4 is 15.7 Å². The highest BCUT2D eigenvalue weighted by Gasteiger charge is 2.32. The van der Waals surface area contributed by atoms with Crippen molar-refractivity contribution in [3.63, 3.8) is 0 Å². The number of carbonyl (C=O) groups excluding carboxylic acids is 3. The molecule has 1 heterocycles. The Kier molecular flexibility index (Phi) is 5.55. The Balaban J connectivity index is 1.76. The Morgan fingerprint density at radius 3 is 2.57 bits per heavy atom. The highest BCUT2D eigenvalue weighted by Crippen LogP contribution is 2.29. The van der Waals surface area contributed by atoms with Crippen molar-refractivity contribution in [2.24, 2.45) is 0 Å². The summed E-state index contributed by atoms with van der Waals surface area (Å²) in [5, 5.41) is 11.2. The molecule has 0 saturated carbocycles. The van der Waals surface area contributed by atoms with Crippen molar-refractivity contribution in [1.29, 1.82) is 0 Å². The molecule has 3 amide bonds. The fourth-order valence-corrected chi connectivity index (χ4v) is 2.87. The molecule has 0 bridgehead atoms. The number of hydrogen-bond acceptors (Lipinski definition) is 5. The molecule has 1 aliphatic heterocycles. The third kappa shape index (κ3) is 4.09. The number of anilines is 1. The Hall–Kier alpha value is -3.46. The van der Waals surface area contributed by atoms with Crippen molar-refractivity contribution in [2.75, 3.05) is 18.0 Å². The van der Waals surface area contributed by atoms with Crippen molar-refractivity contribution in [3.8, 4) is 11.1 Å².